The van der Waals surface area contributed by atoms with Crippen LogP contribution in [0.15, 0.2) is 24.3 Å². The highest BCUT2D eigenvalue weighted by Gasteiger charge is 2.31. The van der Waals surface area contributed by atoms with Crippen LogP contribution in [0.3, 0.4) is 0 Å². The first-order valence-electron chi connectivity index (χ1n) is 12.5. The molecule has 2 aromatic heterocycles. The molecule has 0 aliphatic carbocycles. The molecule has 7 nitrogen and oxygen atoms in total. The Kier molecular flexibility index (Phi) is 7.83. The van der Waals surface area contributed by atoms with Gasteiger partial charge >= 0.3 is 5.97 Å². The minimum absolute atomic E-state index is 0. The Labute approximate surface area is 212 Å². The fourth-order valence-corrected chi connectivity index (χ4v) is 5.79. The van der Waals surface area contributed by atoms with E-state index in [0.717, 1.165) is 92.0 Å². The summed E-state index contributed by atoms with van der Waals surface area (Å²) in [7, 11) is 0. The van der Waals surface area contributed by atoms with E-state index in [1.165, 1.54) is 0 Å². The molecule has 0 spiro atoms. The number of para-hydroxylation sites is 2. The number of ether oxygens (including phenoxy) is 2. The number of pyridine rings is 1. The molecule has 1 atom stereocenters. The lowest BCUT2D eigenvalue weighted by Gasteiger charge is -2.31. The summed E-state index contributed by atoms with van der Waals surface area (Å²) in [6, 6.07) is 10.6. The highest BCUT2D eigenvalue weighted by atomic mass is 35.5. The van der Waals surface area contributed by atoms with E-state index < -0.39 is 0 Å². The average molecular weight is 497 g/mol. The number of fused-ring (bicyclic) bond motifs is 3. The Hall–Kier alpha value is -2.82. The van der Waals surface area contributed by atoms with Crippen molar-refractivity contribution >= 4 is 40.9 Å². The first kappa shape index (κ1) is 25.3. The van der Waals surface area contributed by atoms with Crippen molar-refractivity contribution in [3.8, 4) is 6.07 Å². The van der Waals surface area contributed by atoms with Crippen LogP contribution in [-0.2, 0) is 14.3 Å². The highest BCUT2D eigenvalue weighted by Crippen LogP contribution is 2.40. The number of imidazole rings is 1. The van der Waals surface area contributed by atoms with Crippen LogP contribution in [0.5, 0.6) is 0 Å². The third-order valence-electron chi connectivity index (χ3n) is 7.39. The Morgan fingerprint density at radius 1 is 1.20 bits per heavy atom. The summed E-state index contributed by atoms with van der Waals surface area (Å²) in [6.07, 6.45) is 4.35. The number of carbonyl (C=O) groups excluding carboxylic acids is 1. The second-order valence-corrected chi connectivity index (χ2v) is 9.36. The number of rotatable bonds is 4. The van der Waals surface area contributed by atoms with Gasteiger partial charge in [-0.05, 0) is 75.1 Å². The summed E-state index contributed by atoms with van der Waals surface area (Å²) in [5.41, 5.74) is 5.59. The number of esters is 1. The molecule has 1 aromatic carbocycles. The lowest BCUT2D eigenvalue weighted by molar-refractivity contribution is -0.148. The van der Waals surface area contributed by atoms with Crippen LogP contribution in [0.25, 0.3) is 16.7 Å². The van der Waals surface area contributed by atoms with Crippen molar-refractivity contribution < 1.29 is 14.3 Å². The normalized spacial score (nSPS) is 19.2. The first-order chi connectivity index (χ1) is 16.6. The van der Waals surface area contributed by atoms with E-state index >= 15 is 0 Å². The standard InChI is InChI=1S/C27H32N4O3.ClH/c1-3-34-27(32)20-7-6-13-30(14-10-20)26-18(2)24(19-11-15-33-16-12-19)21(17-28)25-29-22-8-4-5-9-23(22)31(25)26;/h4-5,8-9,19-20H,3,6-7,10-16H2,1-2H3;1H. The molecule has 8 heteroatoms. The lowest BCUT2D eigenvalue weighted by atomic mass is 9.86. The molecule has 0 radical (unpaired) electrons. The van der Waals surface area contributed by atoms with Crippen molar-refractivity contribution in [3.05, 3.63) is 41.0 Å². The second kappa shape index (κ2) is 10.8. The smallest absolute Gasteiger partial charge is 0.308 e. The summed E-state index contributed by atoms with van der Waals surface area (Å²) in [5.74, 6) is 1.25. The summed E-state index contributed by atoms with van der Waals surface area (Å²) in [4.78, 5) is 19.8. The van der Waals surface area contributed by atoms with Gasteiger partial charge in [0.05, 0.1) is 29.1 Å². The largest absolute Gasteiger partial charge is 0.466 e. The van der Waals surface area contributed by atoms with E-state index in [0.29, 0.717) is 12.2 Å². The molecular weight excluding hydrogens is 464 g/mol. The Balaban J connectivity index is 0.00000289. The van der Waals surface area contributed by atoms with Gasteiger partial charge in [-0.1, -0.05) is 12.1 Å². The molecule has 5 rings (SSSR count). The molecule has 186 valence electrons. The molecule has 0 bridgehead atoms. The number of aromatic nitrogens is 2. The number of anilines is 1. The Bertz CT molecular complexity index is 1260. The molecule has 2 fully saturated rings. The van der Waals surface area contributed by atoms with Crippen LogP contribution in [0.4, 0.5) is 5.82 Å². The number of halogens is 1. The van der Waals surface area contributed by atoms with Gasteiger partial charge in [-0.2, -0.15) is 5.26 Å². The molecule has 0 amide bonds. The summed E-state index contributed by atoms with van der Waals surface area (Å²) < 4.78 is 13.1. The molecule has 2 saturated heterocycles. The molecule has 2 aliphatic rings. The molecule has 0 saturated carbocycles. The van der Waals surface area contributed by atoms with Crippen LogP contribution in [0.2, 0.25) is 0 Å². The third kappa shape index (κ3) is 4.57. The molecular formula is C27H33ClN4O3. The van der Waals surface area contributed by atoms with Crippen molar-refractivity contribution in [1.82, 2.24) is 9.38 Å². The van der Waals surface area contributed by atoms with E-state index in [4.69, 9.17) is 14.5 Å². The molecule has 35 heavy (non-hydrogen) atoms. The molecule has 1 unspecified atom stereocenters. The number of benzene rings is 1. The SMILES string of the molecule is CCOC(=O)C1CCCN(c2c(C)c(C3CCOCC3)c(C#N)c3nc4ccccc4n23)CC1.Cl. The van der Waals surface area contributed by atoms with Crippen molar-refractivity contribution in [3.63, 3.8) is 0 Å². The van der Waals surface area contributed by atoms with Crippen molar-refractivity contribution in [2.75, 3.05) is 37.8 Å². The molecule has 4 heterocycles. The van der Waals surface area contributed by atoms with Crippen LogP contribution in [0, 0.1) is 24.2 Å². The third-order valence-corrected chi connectivity index (χ3v) is 7.39. The van der Waals surface area contributed by atoms with Crippen molar-refractivity contribution in [1.29, 1.82) is 5.26 Å². The predicted octanol–water partition coefficient (Wildman–Crippen LogP) is 5.15. The monoisotopic (exact) mass is 496 g/mol. The van der Waals surface area contributed by atoms with Gasteiger partial charge in [0.1, 0.15) is 11.9 Å². The van der Waals surface area contributed by atoms with E-state index in [1.54, 1.807) is 0 Å². The summed E-state index contributed by atoms with van der Waals surface area (Å²) >= 11 is 0. The van der Waals surface area contributed by atoms with E-state index in [-0.39, 0.29) is 30.2 Å². The van der Waals surface area contributed by atoms with Crippen LogP contribution in [-0.4, -0.2) is 48.3 Å². The van der Waals surface area contributed by atoms with Gasteiger partial charge in [0.2, 0.25) is 0 Å². The maximum Gasteiger partial charge on any atom is 0.308 e. The van der Waals surface area contributed by atoms with Gasteiger partial charge in [0.25, 0.3) is 0 Å². The zero-order chi connectivity index (χ0) is 23.7. The minimum atomic E-state index is -0.0815. The minimum Gasteiger partial charge on any atom is -0.466 e. The maximum absolute atomic E-state index is 12.4. The maximum atomic E-state index is 12.4. The molecule has 3 aromatic rings. The van der Waals surface area contributed by atoms with Crippen LogP contribution >= 0.6 is 12.4 Å². The number of nitriles is 1. The Morgan fingerprint density at radius 3 is 2.71 bits per heavy atom. The highest BCUT2D eigenvalue weighted by molar-refractivity contribution is 5.86. The first-order valence-corrected chi connectivity index (χ1v) is 12.5. The van der Waals surface area contributed by atoms with Crippen molar-refractivity contribution in [2.45, 2.75) is 51.9 Å². The number of nitrogens with zero attached hydrogens (tertiary/aromatic N) is 4. The second-order valence-electron chi connectivity index (χ2n) is 9.36. The average Bonchev–Trinajstić information content (AvgIpc) is 3.06. The molecule has 0 N–H and O–H groups in total. The van der Waals surface area contributed by atoms with Gasteiger partial charge in [0, 0.05) is 26.3 Å². The van der Waals surface area contributed by atoms with Gasteiger partial charge in [-0.25, -0.2) is 4.98 Å². The van der Waals surface area contributed by atoms with Crippen molar-refractivity contribution in [2.24, 2.45) is 5.92 Å². The zero-order valence-electron chi connectivity index (χ0n) is 20.5. The van der Waals surface area contributed by atoms with Crippen LogP contribution < -0.4 is 4.90 Å². The van der Waals surface area contributed by atoms with Gasteiger partial charge < -0.3 is 14.4 Å². The van der Waals surface area contributed by atoms with Crippen LogP contribution in [0.1, 0.15) is 61.6 Å². The number of carbonyl (C=O) groups is 1. The summed E-state index contributed by atoms with van der Waals surface area (Å²) in [6.45, 7) is 7.50. The fourth-order valence-electron chi connectivity index (χ4n) is 5.79. The fraction of sp³-hybridized carbons (Fsp3) is 0.519. The van der Waals surface area contributed by atoms with Gasteiger partial charge in [0.15, 0.2) is 5.65 Å². The number of hydrogen-bond acceptors (Lipinski definition) is 6. The lowest BCUT2D eigenvalue weighted by Crippen LogP contribution is -2.29. The zero-order valence-corrected chi connectivity index (χ0v) is 21.3. The molecule has 2 aliphatic heterocycles. The van der Waals surface area contributed by atoms with E-state index in [1.807, 2.05) is 25.1 Å². The number of hydrogen-bond donors (Lipinski definition) is 0. The van der Waals surface area contributed by atoms with Gasteiger partial charge in [-0.3, -0.25) is 9.20 Å². The van der Waals surface area contributed by atoms with E-state index in [9.17, 15) is 10.1 Å². The summed E-state index contributed by atoms with van der Waals surface area (Å²) in [5, 5.41) is 10.3. The Morgan fingerprint density at radius 2 is 1.97 bits per heavy atom. The predicted molar refractivity (Wildman–Crippen MR) is 138 cm³/mol. The topological polar surface area (TPSA) is 79.9 Å². The quantitative estimate of drug-likeness (QED) is 0.464. The van der Waals surface area contributed by atoms with Gasteiger partial charge in [-0.15, -0.1) is 12.4 Å². The van der Waals surface area contributed by atoms with E-state index in [2.05, 4.69) is 28.4 Å².